The maximum absolute atomic E-state index is 13.2. The van der Waals surface area contributed by atoms with Crippen molar-refractivity contribution in [2.75, 3.05) is 19.5 Å². The molecule has 0 aliphatic rings. The number of methoxy groups -OCH3 is 1. The molecule has 0 N–H and O–H groups in total. The van der Waals surface area contributed by atoms with Gasteiger partial charge < -0.3 is 4.74 Å². The van der Waals surface area contributed by atoms with Crippen molar-refractivity contribution < 1.29 is 4.74 Å². The molecule has 130 valence electrons. The number of rotatable bonds is 7. The van der Waals surface area contributed by atoms with Crippen LogP contribution >= 0.6 is 34.7 Å². The number of benzene rings is 1. The normalized spacial score (nSPS) is 11.1. The van der Waals surface area contributed by atoms with Gasteiger partial charge in [-0.25, -0.2) is 4.98 Å². The minimum Gasteiger partial charge on any atom is -0.383 e. The number of hydrogen-bond donors (Lipinski definition) is 0. The predicted molar refractivity (Wildman–Crippen MR) is 107 cm³/mol. The molecule has 0 radical (unpaired) electrons. The van der Waals surface area contributed by atoms with Crippen molar-refractivity contribution in [3.05, 3.63) is 57.7 Å². The van der Waals surface area contributed by atoms with Gasteiger partial charge in [-0.2, -0.15) is 0 Å². The number of aromatic nitrogens is 2. The van der Waals surface area contributed by atoms with Crippen molar-refractivity contribution in [3.63, 3.8) is 0 Å². The van der Waals surface area contributed by atoms with Crippen LogP contribution in [0.2, 0.25) is 5.02 Å². The van der Waals surface area contributed by atoms with Crippen LogP contribution in [0, 0.1) is 0 Å². The summed E-state index contributed by atoms with van der Waals surface area (Å²) in [6, 6.07) is 7.53. The zero-order valence-electron chi connectivity index (χ0n) is 13.7. The van der Waals surface area contributed by atoms with Crippen LogP contribution in [0.15, 0.2) is 52.3 Å². The third-order valence-corrected chi connectivity index (χ3v) is 5.85. The summed E-state index contributed by atoms with van der Waals surface area (Å²) in [5.41, 5.74) is 1.61. The quantitative estimate of drug-likeness (QED) is 0.332. The Bertz CT molecular complexity index is 965. The first-order valence-corrected chi connectivity index (χ1v) is 9.91. The molecule has 3 rings (SSSR count). The average molecular weight is 393 g/mol. The molecule has 0 fully saturated rings. The molecule has 7 heteroatoms. The molecule has 3 aromatic rings. The highest BCUT2D eigenvalue weighted by Gasteiger charge is 2.18. The van der Waals surface area contributed by atoms with Gasteiger partial charge in [0.2, 0.25) is 0 Å². The summed E-state index contributed by atoms with van der Waals surface area (Å²) in [6.45, 7) is 4.63. The minimum atomic E-state index is -0.0650. The second-order valence-corrected chi connectivity index (χ2v) is 7.51. The second kappa shape index (κ2) is 8.19. The lowest BCUT2D eigenvalue weighted by Gasteiger charge is -2.11. The molecule has 2 aromatic heterocycles. The van der Waals surface area contributed by atoms with Crippen LogP contribution < -0.4 is 5.56 Å². The number of ether oxygens (including phenoxy) is 1. The number of hydrogen-bond acceptors (Lipinski definition) is 5. The smallest absolute Gasteiger partial charge is 0.263 e. The summed E-state index contributed by atoms with van der Waals surface area (Å²) >= 11 is 9.28. The van der Waals surface area contributed by atoms with Crippen molar-refractivity contribution in [2.24, 2.45) is 0 Å². The molecule has 4 nitrogen and oxygen atoms in total. The highest BCUT2D eigenvalue weighted by atomic mass is 35.5. The molecule has 0 bridgehead atoms. The Hall–Kier alpha value is -1.60. The van der Waals surface area contributed by atoms with Crippen LogP contribution in [0.1, 0.15) is 0 Å². The summed E-state index contributed by atoms with van der Waals surface area (Å²) in [4.78, 5) is 18.6. The standard InChI is InChI=1S/C18H17ClN2O2S2/c1-3-10-24-18-20-16-15(17(22)21(18)8-9-23-2)13(11-25-16)12-6-4-5-7-14(12)19/h3-7,11H,1,8-10H2,2H3. The van der Waals surface area contributed by atoms with Crippen LogP contribution in [-0.4, -0.2) is 29.0 Å². The zero-order valence-corrected chi connectivity index (χ0v) is 16.1. The zero-order chi connectivity index (χ0) is 17.8. The van der Waals surface area contributed by atoms with Gasteiger partial charge in [0, 0.05) is 34.4 Å². The molecule has 0 saturated carbocycles. The van der Waals surface area contributed by atoms with E-state index in [0.717, 1.165) is 16.0 Å². The second-order valence-electron chi connectivity index (χ2n) is 5.25. The van der Waals surface area contributed by atoms with E-state index >= 15 is 0 Å². The van der Waals surface area contributed by atoms with Gasteiger partial charge in [-0.1, -0.05) is 47.6 Å². The first-order chi connectivity index (χ1) is 12.2. The Kier molecular flexibility index (Phi) is 5.96. The maximum Gasteiger partial charge on any atom is 0.263 e. The van der Waals surface area contributed by atoms with E-state index in [9.17, 15) is 4.79 Å². The largest absolute Gasteiger partial charge is 0.383 e. The van der Waals surface area contributed by atoms with E-state index in [2.05, 4.69) is 6.58 Å². The van der Waals surface area contributed by atoms with E-state index in [1.54, 1.807) is 17.8 Å². The minimum absolute atomic E-state index is 0.0650. The Morgan fingerprint density at radius 2 is 2.20 bits per heavy atom. The van der Waals surface area contributed by atoms with Crippen molar-refractivity contribution in [2.45, 2.75) is 11.7 Å². The van der Waals surface area contributed by atoms with E-state index in [1.165, 1.54) is 23.1 Å². The molecule has 2 heterocycles. The molecule has 0 spiro atoms. The molecular weight excluding hydrogens is 376 g/mol. The third kappa shape index (κ3) is 3.67. The summed E-state index contributed by atoms with van der Waals surface area (Å²) in [6.07, 6.45) is 1.80. The number of fused-ring (bicyclic) bond motifs is 1. The highest BCUT2D eigenvalue weighted by Crippen LogP contribution is 2.35. The highest BCUT2D eigenvalue weighted by molar-refractivity contribution is 7.99. The van der Waals surface area contributed by atoms with Gasteiger partial charge in [0.05, 0.1) is 18.5 Å². The molecule has 0 saturated heterocycles. The van der Waals surface area contributed by atoms with Crippen LogP contribution in [0.5, 0.6) is 0 Å². The van der Waals surface area contributed by atoms with Crippen molar-refractivity contribution >= 4 is 44.9 Å². The number of halogens is 1. The molecule has 1 aromatic carbocycles. The lowest BCUT2D eigenvalue weighted by Crippen LogP contribution is -2.25. The van der Waals surface area contributed by atoms with Gasteiger partial charge in [-0.05, 0) is 6.07 Å². The monoisotopic (exact) mass is 392 g/mol. The van der Waals surface area contributed by atoms with E-state index in [4.69, 9.17) is 21.3 Å². The summed E-state index contributed by atoms with van der Waals surface area (Å²) in [5.74, 6) is 0.688. The summed E-state index contributed by atoms with van der Waals surface area (Å²) < 4.78 is 6.83. The summed E-state index contributed by atoms with van der Waals surface area (Å²) in [7, 11) is 1.62. The van der Waals surface area contributed by atoms with Crippen LogP contribution in [0.25, 0.3) is 21.3 Å². The fourth-order valence-corrected chi connectivity index (χ4v) is 4.48. The van der Waals surface area contributed by atoms with Gasteiger partial charge in [0.15, 0.2) is 5.16 Å². The van der Waals surface area contributed by atoms with Crippen molar-refractivity contribution in [1.29, 1.82) is 0 Å². The van der Waals surface area contributed by atoms with Gasteiger partial charge in [-0.15, -0.1) is 17.9 Å². The fourth-order valence-electron chi connectivity index (χ4n) is 2.51. The van der Waals surface area contributed by atoms with Gasteiger partial charge in [-0.3, -0.25) is 9.36 Å². The average Bonchev–Trinajstić information content (AvgIpc) is 3.03. The topological polar surface area (TPSA) is 44.1 Å². The molecular formula is C18H17ClN2O2S2. The summed E-state index contributed by atoms with van der Waals surface area (Å²) in [5, 5.41) is 3.86. The Morgan fingerprint density at radius 3 is 2.92 bits per heavy atom. The molecule has 0 aliphatic heterocycles. The number of thioether (sulfide) groups is 1. The van der Waals surface area contributed by atoms with Gasteiger partial charge in [0.1, 0.15) is 4.83 Å². The lowest BCUT2D eigenvalue weighted by molar-refractivity contribution is 0.183. The molecule has 0 aliphatic carbocycles. The first-order valence-electron chi connectivity index (χ1n) is 7.67. The van der Waals surface area contributed by atoms with E-state index in [0.29, 0.717) is 34.5 Å². The number of nitrogens with zero attached hydrogens (tertiary/aromatic N) is 2. The molecule has 0 unspecified atom stereocenters. The molecule has 0 amide bonds. The van der Waals surface area contributed by atoms with Crippen LogP contribution in [-0.2, 0) is 11.3 Å². The van der Waals surface area contributed by atoms with Crippen molar-refractivity contribution in [3.8, 4) is 11.1 Å². The fraction of sp³-hybridized carbons (Fsp3) is 0.222. The predicted octanol–water partition coefficient (Wildman–Crippen LogP) is 4.70. The van der Waals surface area contributed by atoms with Gasteiger partial charge in [0.25, 0.3) is 5.56 Å². The van der Waals surface area contributed by atoms with E-state index in [1.807, 2.05) is 29.6 Å². The van der Waals surface area contributed by atoms with E-state index < -0.39 is 0 Å². The van der Waals surface area contributed by atoms with Crippen molar-refractivity contribution in [1.82, 2.24) is 9.55 Å². The molecule has 25 heavy (non-hydrogen) atoms. The lowest BCUT2D eigenvalue weighted by atomic mass is 10.1. The van der Waals surface area contributed by atoms with Crippen LogP contribution in [0.3, 0.4) is 0 Å². The first kappa shape index (κ1) is 18.2. The Morgan fingerprint density at radius 1 is 1.40 bits per heavy atom. The maximum atomic E-state index is 13.2. The van der Waals surface area contributed by atoms with Crippen LogP contribution in [0.4, 0.5) is 0 Å². The van der Waals surface area contributed by atoms with Gasteiger partial charge >= 0.3 is 0 Å². The van der Waals surface area contributed by atoms with E-state index in [-0.39, 0.29) is 5.56 Å². The Labute approximate surface area is 159 Å². The number of thiophene rings is 1. The molecule has 0 atom stereocenters. The third-order valence-electron chi connectivity index (χ3n) is 3.67. The Balaban J connectivity index is 2.22. The SMILES string of the molecule is C=CCSc1nc2scc(-c3ccccc3Cl)c2c(=O)n1CCOC.